The minimum Gasteiger partial charge on any atom is -0.0685 e. The van der Waals surface area contributed by atoms with Crippen molar-refractivity contribution in [2.75, 3.05) is 0 Å². The molecule has 104 valence electrons. The minimum absolute atomic E-state index is 0.742. The van der Waals surface area contributed by atoms with E-state index in [-0.39, 0.29) is 0 Å². The summed E-state index contributed by atoms with van der Waals surface area (Å²) in [5.41, 5.74) is 8.31. The van der Waals surface area contributed by atoms with Crippen molar-refractivity contribution in [3.05, 3.63) is 22.3 Å². The van der Waals surface area contributed by atoms with Crippen LogP contribution >= 0.6 is 0 Å². The Morgan fingerprint density at radius 2 is 1.58 bits per heavy atom. The highest BCUT2D eigenvalue weighted by atomic mass is 28.3. The molecule has 5 unspecified atom stereocenters. The lowest BCUT2D eigenvalue weighted by Crippen LogP contribution is -2.17. The maximum Gasteiger partial charge on any atom is 0.0615 e. The van der Waals surface area contributed by atoms with Gasteiger partial charge in [-0.2, -0.15) is 0 Å². The summed E-state index contributed by atoms with van der Waals surface area (Å²) >= 11 is 0. The van der Waals surface area contributed by atoms with Crippen molar-refractivity contribution in [2.24, 2.45) is 17.8 Å². The van der Waals surface area contributed by atoms with Crippen LogP contribution in [0.1, 0.15) is 47.0 Å². The summed E-state index contributed by atoms with van der Waals surface area (Å²) in [5.74, 6) is 2.47. The van der Waals surface area contributed by atoms with Crippen molar-refractivity contribution < 1.29 is 0 Å². The first kappa shape index (κ1) is 12.4. The molecule has 1 heterocycles. The van der Waals surface area contributed by atoms with Crippen molar-refractivity contribution in [1.82, 2.24) is 0 Å². The van der Waals surface area contributed by atoms with Gasteiger partial charge in [-0.25, -0.2) is 0 Å². The zero-order valence-corrected chi connectivity index (χ0v) is 14.4. The van der Waals surface area contributed by atoms with Gasteiger partial charge in [-0.3, -0.25) is 0 Å². The molecule has 0 aromatic heterocycles. The maximum atomic E-state index is 2.68. The molecular formula is C18H28Si. The van der Waals surface area contributed by atoms with Crippen molar-refractivity contribution in [3.63, 3.8) is 0 Å². The number of rotatable bonds is 0. The second kappa shape index (κ2) is 3.29. The molecule has 0 amide bonds. The third-order valence-electron chi connectivity index (χ3n) is 7.96. The lowest BCUT2D eigenvalue weighted by atomic mass is 9.82. The lowest BCUT2D eigenvalue weighted by molar-refractivity contribution is 0.599. The lowest BCUT2D eigenvalue weighted by Gasteiger charge is -2.24. The Balaban J connectivity index is 1.85. The van der Waals surface area contributed by atoms with Crippen molar-refractivity contribution in [1.29, 1.82) is 0 Å². The fourth-order valence-electron chi connectivity index (χ4n) is 6.48. The molecule has 19 heavy (non-hydrogen) atoms. The van der Waals surface area contributed by atoms with Crippen LogP contribution in [0.4, 0.5) is 0 Å². The predicted octanol–water partition coefficient (Wildman–Crippen LogP) is 5.55. The molecule has 2 saturated carbocycles. The summed E-state index contributed by atoms with van der Waals surface area (Å²) in [6.07, 6.45) is 4.67. The van der Waals surface area contributed by atoms with Gasteiger partial charge >= 0.3 is 0 Å². The quantitative estimate of drug-likeness (QED) is 0.400. The van der Waals surface area contributed by atoms with Crippen LogP contribution in [-0.4, -0.2) is 8.07 Å². The van der Waals surface area contributed by atoms with Gasteiger partial charge < -0.3 is 0 Å². The van der Waals surface area contributed by atoms with Crippen LogP contribution in [0.25, 0.3) is 0 Å². The van der Waals surface area contributed by atoms with E-state index in [4.69, 9.17) is 0 Å². The molecule has 1 saturated heterocycles. The van der Waals surface area contributed by atoms with Crippen molar-refractivity contribution in [2.45, 2.75) is 70.6 Å². The fraction of sp³-hybridized carbons (Fsp3) is 0.778. The molecule has 0 N–H and O–H groups in total. The molecule has 3 aliphatic carbocycles. The maximum absolute atomic E-state index is 2.68. The van der Waals surface area contributed by atoms with Gasteiger partial charge in [-0.1, -0.05) is 49.2 Å². The van der Waals surface area contributed by atoms with E-state index in [1.54, 1.807) is 24.0 Å². The Labute approximate surface area is 119 Å². The van der Waals surface area contributed by atoms with E-state index >= 15 is 0 Å². The second-order valence-corrected chi connectivity index (χ2v) is 13.5. The van der Waals surface area contributed by atoms with Crippen LogP contribution < -0.4 is 0 Å². The first-order chi connectivity index (χ1) is 8.83. The highest BCUT2D eigenvalue weighted by molar-refractivity contribution is 6.94. The number of hydrogen-bond donors (Lipinski definition) is 0. The molecule has 0 nitrogen and oxygen atoms in total. The summed E-state index contributed by atoms with van der Waals surface area (Å²) in [6.45, 7) is 15.1. The molecule has 0 aromatic rings. The van der Waals surface area contributed by atoms with Crippen LogP contribution in [0, 0.1) is 17.8 Å². The standard InChI is InChI=1S/C18H28Si/c1-10-11(2)13(4)15(12(10)3)16-14-7-8-18(9-14)17(16)19(18,5)6/h12-14,17H,7-9H2,1-6H3. The fourth-order valence-corrected chi connectivity index (χ4v) is 12.4. The monoisotopic (exact) mass is 272 g/mol. The smallest absolute Gasteiger partial charge is 0.0615 e. The van der Waals surface area contributed by atoms with E-state index in [1.807, 2.05) is 11.1 Å². The topological polar surface area (TPSA) is 0 Å². The van der Waals surface area contributed by atoms with Crippen LogP contribution in [0.5, 0.6) is 0 Å². The van der Waals surface area contributed by atoms with Gasteiger partial charge in [0, 0.05) is 0 Å². The van der Waals surface area contributed by atoms with E-state index in [1.165, 1.54) is 6.42 Å². The average molecular weight is 273 g/mol. The van der Waals surface area contributed by atoms with Crippen LogP contribution in [0.15, 0.2) is 22.3 Å². The van der Waals surface area contributed by atoms with E-state index in [0.29, 0.717) is 0 Å². The van der Waals surface area contributed by atoms with Crippen LogP contribution in [0.3, 0.4) is 0 Å². The van der Waals surface area contributed by atoms with Gasteiger partial charge in [0.1, 0.15) is 0 Å². The average Bonchev–Trinajstić information content (AvgIpc) is 2.77. The Morgan fingerprint density at radius 3 is 2.11 bits per heavy atom. The van der Waals surface area contributed by atoms with Crippen molar-refractivity contribution >= 4 is 8.07 Å². The zero-order valence-electron chi connectivity index (χ0n) is 13.4. The number of hydrogen-bond acceptors (Lipinski definition) is 0. The van der Waals surface area contributed by atoms with E-state index < -0.39 is 8.07 Å². The molecule has 5 atom stereocenters. The van der Waals surface area contributed by atoms with Gasteiger partial charge in [-0.15, -0.1) is 0 Å². The summed E-state index contributed by atoms with van der Waals surface area (Å²) in [5, 5.41) is 0.865. The van der Waals surface area contributed by atoms with Crippen LogP contribution in [-0.2, 0) is 0 Å². The van der Waals surface area contributed by atoms with Gasteiger partial charge in [0.15, 0.2) is 0 Å². The van der Waals surface area contributed by atoms with Crippen LogP contribution in [0.2, 0.25) is 23.7 Å². The first-order valence-electron chi connectivity index (χ1n) is 8.24. The van der Waals surface area contributed by atoms with Gasteiger partial charge in [0.05, 0.1) is 8.07 Å². The molecule has 4 aliphatic rings. The Kier molecular flexibility index (Phi) is 2.16. The van der Waals surface area contributed by atoms with Crippen molar-refractivity contribution in [3.8, 4) is 0 Å². The van der Waals surface area contributed by atoms with E-state index in [0.717, 1.165) is 28.3 Å². The molecule has 4 rings (SSSR count). The van der Waals surface area contributed by atoms with E-state index in [9.17, 15) is 0 Å². The summed E-state index contributed by atoms with van der Waals surface area (Å²) in [6, 6.07) is 0. The summed E-state index contributed by atoms with van der Waals surface area (Å²) in [4.78, 5) is 0. The Hall–Kier alpha value is -0.303. The summed E-state index contributed by atoms with van der Waals surface area (Å²) < 4.78 is 0. The highest BCUT2D eigenvalue weighted by Crippen LogP contribution is 2.89. The molecule has 2 bridgehead atoms. The van der Waals surface area contributed by atoms with Gasteiger partial charge in [0.25, 0.3) is 0 Å². The zero-order chi connectivity index (χ0) is 13.7. The SMILES string of the molecule is CC1=C(C)C(C)C(=C2C3CCC4(C3)C2[Si]4(C)C)C1C. The molecule has 0 radical (unpaired) electrons. The number of allylic oxidation sites excluding steroid dienone is 4. The largest absolute Gasteiger partial charge is 0.0685 e. The van der Waals surface area contributed by atoms with E-state index in [2.05, 4.69) is 40.8 Å². The highest BCUT2D eigenvalue weighted by Gasteiger charge is 2.79. The molecule has 1 heteroatoms. The number of fused-ring (bicyclic) bond motifs is 1. The Morgan fingerprint density at radius 1 is 1.00 bits per heavy atom. The summed E-state index contributed by atoms with van der Waals surface area (Å²) in [7, 11) is -0.926. The normalized spacial score (nSPS) is 50.2. The first-order valence-corrected chi connectivity index (χ1v) is 11.3. The predicted molar refractivity (Wildman–Crippen MR) is 85.0 cm³/mol. The van der Waals surface area contributed by atoms with Gasteiger partial charge in [0.2, 0.25) is 0 Å². The molecule has 1 spiro atoms. The second-order valence-electron chi connectivity index (χ2n) is 8.47. The molecule has 3 fully saturated rings. The molecule has 0 aromatic carbocycles. The Bertz CT molecular complexity index is 516. The third-order valence-corrected chi connectivity index (χ3v) is 13.3. The molecular weight excluding hydrogens is 244 g/mol. The molecule has 1 aliphatic heterocycles. The van der Waals surface area contributed by atoms with Gasteiger partial charge in [-0.05, 0) is 61.4 Å². The minimum atomic E-state index is -0.926. The third kappa shape index (κ3) is 1.15.